The van der Waals surface area contributed by atoms with Crippen LogP contribution in [-0.4, -0.2) is 24.8 Å². The number of benzene rings is 2. The van der Waals surface area contributed by atoms with E-state index in [1.807, 2.05) is 0 Å². The smallest absolute Gasteiger partial charge is 0.0499 e. The predicted octanol–water partition coefficient (Wildman–Crippen LogP) is 3.13. The molecule has 0 unspecified atom stereocenters. The summed E-state index contributed by atoms with van der Waals surface area (Å²) in [5, 5.41) is 15.6. The second kappa shape index (κ2) is 5.94. The van der Waals surface area contributed by atoms with Crippen LogP contribution in [0.15, 0.2) is 42.5 Å². The zero-order valence-corrected chi connectivity index (χ0v) is 11.9. The summed E-state index contributed by atoms with van der Waals surface area (Å²) in [5.74, 6) is 0. The van der Waals surface area contributed by atoms with Gasteiger partial charge >= 0.3 is 0 Å². The average molecular weight is 269 g/mol. The lowest BCUT2D eigenvalue weighted by Gasteiger charge is -2.40. The molecule has 2 N–H and O–H groups in total. The van der Waals surface area contributed by atoms with Crippen LogP contribution >= 0.6 is 0 Å². The number of aliphatic hydroxyl groups excluding tert-OH is 1. The van der Waals surface area contributed by atoms with Gasteiger partial charge in [0.2, 0.25) is 0 Å². The van der Waals surface area contributed by atoms with Crippen molar-refractivity contribution < 1.29 is 5.11 Å². The Kier molecular flexibility index (Phi) is 4.04. The first-order valence-corrected chi connectivity index (χ1v) is 7.61. The van der Waals surface area contributed by atoms with Crippen LogP contribution in [0.5, 0.6) is 0 Å². The molecule has 2 nitrogen and oxygen atoms in total. The standard InChI is InChI=1S/C18H23NO/c20-14-18(9-3-10-18)13-19-11-8-15-6-7-16-4-1-2-5-17(16)12-15/h1-2,4-7,12,19-20H,3,8-11,13-14H2. The van der Waals surface area contributed by atoms with Crippen molar-refractivity contribution in [2.75, 3.05) is 19.7 Å². The van der Waals surface area contributed by atoms with Crippen molar-refractivity contribution in [2.45, 2.75) is 25.7 Å². The van der Waals surface area contributed by atoms with Crippen LogP contribution < -0.4 is 5.32 Å². The first-order valence-electron chi connectivity index (χ1n) is 7.61. The van der Waals surface area contributed by atoms with Gasteiger partial charge in [-0.05, 0) is 42.1 Å². The quantitative estimate of drug-likeness (QED) is 0.790. The molecule has 0 bridgehead atoms. The Morgan fingerprint density at radius 2 is 1.85 bits per heavy atom. The lowest BCUT2D eigenvalue weighted by molar-refractivity contribution is 0.0451. The summed E-state index contributed by atoms with van der Waals surface area (Å²) >= 11 is 0. The van der Waals surface area contributed by atoms with Gasteiger partial charge in [-0.15, -0.1) is 0 Å². The highest BCUT2D eigenvalue weighted by Gasteiger charge is 2.35. The van der Waals surface area contributed by atoms with Crippen LogP contribution in [0.1, 0.15) is 24.8 Å². The van der Waals surface area contributed by atoms with Crippen LogP contribution in [0.3, 0.4) is 0 Å². The summed E-state index contributed by atoms with van der Waals surface area (Å²) < 4.78 is 0. The molecule has 0 radical (unpaired) electrons. The predicted molar refractivity (Wildman–Crippen MR) is 83.9 cm³/mol. The normalized spacial score (nSPS) is 17.1. The maximum Gasteiger partial charge on any atom is 0.0499 e. The number of rotatable bonds is 6. The Morgan fingerprint density at radius 3 is 2.55 bits per heavy atom. The van der Waals surface area contributed by atoms with Crippen LogP contribution in [0, 0.1) is 5.41 Å². The molecule has 106 valence electrons. The summed E-state index contributed by atoms with van der Waals surface area (Å²) in [6.45, 7) is 2.27. The van der Waals surface area contributed by atoms with Crippen LogP contribution in [0.4, 0.5) is 0 Å². The fraction of sp³-hybridized carbons (Fsp3) is 0.444. The highest BCUT2D eigenvalue weighted by Crippen LogP contribution is 2.39. The molecule has 2 heteroatoms. The number of hydrogen-bond donors (Lipinski definition) is 2. The van der Waals surface area contributed by atoms with Gasteiger partial charge in [-0.25, -0.2) is 0 Å². The Labute approximate surface area is 120 Å². The molecule has 1 fully saturated rings. The first-order chi connectivity index (χ1) is 9.81. The molecule has 1 aliphatic rings. The number of fused-ring (bicyclic) bond motifs is 1. The van der Waals surface area contributed by atoms with E-state index in [0.29, 0.717) is 6.61 Å². The molecule has 0 aromatic heterocycles. The van der Waals surface area contributed by atoms with Gasteiger partial charge in [-0.3, -0.25) is 0 Å². The van der Waals surface area contributed by atoms with Crippen molar-refractivity contribution in [3.63, 3.8) is 0 Å². The van der Waals surface area contributed by atoms with Gasteiger partial charge in [0, 0.05) is 18.6 Å². The van der Waals surface area contributed by atoms with E-state index in [1.54, 1.807) is 0 Å². The molecule has 1 saturated carbocycles. The summed E-state index contributed by atoms with van der Waals surface area (Å²) in [6.07, 6.45) is 4.66. The van der Waals surface area contributed by atoms with Crippen molar-refractivity contribution in [3.8, 4) is 0 Å². The monoisotopic (exact) mass is 269 g/mol. The third kappa shape index (κ3) is 2.87. The molecular weight excluding hydrogens is 246 g/mol. The van der Waals surface area contributed by atoms with E-state index in [-0.39, 0.29) is 5.41 Å². The third-order valence-corrected chi connectivity index (χ3v) is 4.65. The molecule has 2 aromatic carbocycles. The van der Waals surface area contributed by atoms with Crippen molar-refractivity contribution in [3.05, 3.63) is 48.0 Å². The van der Waals surface area contributed by atoms with Crippen LogP contribution in [0.25, 0.3) is 10.8 Å². The van der Waals surface area contributed by atoms with Gasteiger partial charge < -0.3 is 10.4 Å². The molecule has 0 spiro atoms. The van der Waals surface area contributed by atoms with E-state index < -0.39 is 0 Å². The third-order valence-electron chi connectivity index (χ3n) is 4.65. The molecular formula is C18H23NO. The Hall–Kier alpha value is -1.38. The van der Waals surface area contributed by atoms with Gasteiger partial charge in [0.25, 0.3) is 0 Å². The molecule has 0 aliphatic heterocycles. The maximum absolute atomic E-state index is 9.43. The SMILES string of the molecule is OCC1(CNCCc2ccc3ccccc3c2)CCC1. The fourth-order valence-corrected chi connectivity index (χ4v) is 3.05. The summed E-state index contributed by atoms with van der Waals surface area (Å²) in [5.41, 5.74) is 1.56. The average Bonchev–Trinajstić information content (AvgIpc) is 2.46. The Morgan fingerprint density at radius 1 is 1.05 bits per heavy atom. The van der Waals surface area contributed by atoms with E-state index in [2.05, 4.69) is 47.8 Å². The molecule has 3 rings (SSSR count). The Balaban J connectivity index is 1.52. The van der Waals surface area contributed by atoms with E-state index in [0.717, 1.165) is 19.5 Å². The van der Waals surface area contributed by atoms with Gasteiger partial charge in [0.05, 0.1) is 0 Å². The number of nitrogens with one attached hydrogen (secondary N) is 1. The molecule has 0 atom stereocenters. The highest BCUT2D eigenvalue weighted by atomic mass is 16.3. The van der Waals surface area contributed by atoms with Gasteiger partial charge in [-0.2, -0.15) is 0 Å². The second-order valence-electron chi connectivity index (χ2n) is 6.12. The molecule has 0 amide bonds. The van der Waals surface area contributed by atoms with Gasteiger partial charge in [-0.1, -0.05) is 48.9 Å². The lowest BCUT2D eigenvalue weighted by Crippen LogP contribution is -2.43. The summed E-state index contributed by atoms with van der Waals surface area (Å²) in [4.78, 5) is 0. The molecule has 20 heavy (non-hydrogen) atoms. The van der Waals surface area contributed by atoms with E-state index in [9.17, 15) is 5.11 Å². The highest BCUT2D eigenvalue weighted by molar-refractivity contribution is 5.82. The molecule has 0 saturated heterocycles. The van der Waals surface area contributed by atoms with Crippen LogP contribution in [-0.2, 0) is 6.42 Å². The topological polar surface area (TPSA) is 32.3 Å². The van der Waals surface area contributed by atoms with E-state index in [1.165, 1.54) is 35.6 Å². The molecule has 2 aromatic rings. The minimum atomic E-state index is 0.184. The first kappa shape index (κ1) is 13.6. The van der Waals surface area contributed by atoms with Crippen molar-refractivity contribution >= 4 is 10.8 Å². The maximum atomic E-state index is 9.43. The molecule has 1 aliphatic carbocycles. The number of hydrogen-bond acceptors (Lipinski definition) is 2. The minimum Gasteiger partial charge on any atom is -0.396 e. The second-order valence-corrected chi connectivity index (χ2v) is 6.12. The summed E-state index contributed by atoms with van der Waals surface area (Å²) in [7, 11) is 0. The Bertz CT molecular complexity index is 569. The largest absolute Gasteiger partial charge is 0.396 e. The van der Waals surface area contributed by atoms with Crippen molar-refractivity contribution in [2.24, 2.45) is 5.41 Å². The zero-order valence-electron chi connectivity index (χ0n) is 11.9. The van der Waals surface area contributed by atoms with E-state index >= 15 is 0 Å². The van der Waals surface area contributed by atoms with Crippen molar-refractivity contribution in [1.82, 2.24) is 5.32 Å². The fourth-order valence-electron chi connectivity index (χ4n) is 3.05. The summed E-state index contributed by atoms with van der Waals surface area (Å²) in [6, 6.07) is 15.2. The minimum absolute atomic E-state index is 0.184. The van der Waals surface area contributed by atoms with Crippen LogP contribution in [0.2, 0.25) is 0 Å². The van der Waals surface area contributed by atoms with Gasteiger partial charge in [0.15, 0.2) is 0 Å². The number of aliphatic hydroxyl groups is 1. The van der Waals surface area contributed by atoms with Crippen molar-refractivity contribution in [1.29, 1.82) is 0 Å². The molecule has 0 heterocycles. The van der Waals surface area contributed by atoms with E-state index in [4.69, 9.17) is 0 Å². The van der Waals surface area contributed by atoms with Gasteiger partial charge in [0.1, 0.15) is 0 Å². The zero-order chi connectivity index (χ0) is 13.8. The lowest BCUT2D eigenvalue weighted by atomic mass is 9.69.